The standard InChI is InChI=1S/C13H7Br2N5O/c1-20-6-7(4-16)2-10(20)13-18-12(19-21-13)11-9(15)3-8(14)5-17-11/h2-3,5-6H,1H3. The number of nitrogens with zero attached hydrogens (tertiary/aromatic N) is 5. The zero-order valence-electron chi connectivity index (χ0n) is 10.7. The lowest BCUT2D eigenvalue weighted by Gasteiger charge is -1.98. The zero-order valence-corrected chi connectivity index (χ0v) is 13.9. The van der Waals surface area contributed by atoms with E-state index in [0.29, 0.717) is 28.7 Å². The minimum atomic E-state index is 0.339. The van der Waals surface area contributed by atoms with E-state index in [9.17, 15) is 0 Å². The first-order chi connectivity index (χ1) is 10.1. The Hall–Kier alpha value is -1.98. The maximum absolute atomic E-state index is 8.92. The summed E-state index contributed by atoms with van der Waals surface area (Å²) in [6, 6.07) is 5.63. The van der Waals surface area contributed by atoms with Gasteiger partial charge in [-0.05, 0) is 44.0 Å². The predicted molar refractivity (Wildman–Crippen MR) is 82.1 cm³/mol. The molecule has 104 valence electrons. The number of rotatable bonds is 2. The molecule has 3 rings (SSSR count). The van der Waals surface area contributed by atoms with E-state index in [4.69, 9.17) is 9.78 Å². The van der Waals surface area contributed by atoms with Crippen molar-refractivity contribution in [1.29, 1.82) is 5.26 Å². The average molecular weight is 409 g/mol. The molecule has 8 heteroatoms. The molecule has 0 N–H and O–H groups in total. The van der Waals surface area contributed by atoms with Crippen molar-refractivity contribution in [3.63, 3.8) is 0 Å². The first-order valence-electron chi connectivity index (χ1n) is 5.80. The molecule has 0 saturated heterocycles. The van der Waals surface area contributed by atoms with Gasteiger partial charge in [-0.15, -0.1) is 0 Å². The Morgan fingerprint density at radius 1 is 1.33 bits per heavy atom. The number of nitriles is 1. The molecule has 0 aromatic carbocycles. The molecule has 21 heavy (non-hydrogen) atoms. The molecule has 0 radical (unpaired) electrons. The van der Waals surface area contributed by atoms with Crippen molar-refractivity contribution in [2.45, 2.75) is 0 Å². The third-order valence-corrected chi connectivity index (χ3v) is 3.84. The molecule has 0 unspecified atom stereocenters. The third-order valence-electron chi connectivity index (χ3n) is 2.80. The monoisotopic (exact) mass is 407 g/mol. The Morgan fingerprint density at radius 3 is 2.81 bits per heavy atom. The molecule has 0 saturated carbocycles. The van der Waals surface area contributed by atoms with Crippen LogP contribution in [-0.2, 0) is 7.05 Å². The van der Waals surface area contributed by atoms with Crippen LogP contribution in [0.3, 0.4) is 0 Å². The highest BCUT2D eigenvalue weighted by molar-refractivity contribution is 9.11. The largest absolute Gasteiger partial charge is 0.345 e. The summed E-state index contributed by atoms with van der Waals surface area (Å²) in [7, 11) is 1.81. The Labute approximate surface area is 136 Å². The summed E-state index contributed by atoms with van der Waals surface area (Å²) in [4.78, 5) is 8.59. The lowest BCUT2D eigenvalue weighted by atomic mass is 10.3. The maximum atomic E-state index is 8.92. The fourth-order valence-electron chi connectivity index (χ4n) is 1.84. The van der Waals surface area contributed by atoms with Crippen molar-refractivity contribution in [1.82, 2.24) is 19.7 Å². The number of halogens is 2. The highest BCUT2D eigenvalue weighted by Crippen LogP contribution is 2.28. The second-order valence-corrected chi connectivity index (χ2v) is 6.01. The van der Waals surface area contributed by atoms with Gasteiger partial charge in [-0.25, -0.2) is 0 Å². The van der Waals surface area contributed by atoms with Crippen molar-refractivity contribution < 1.29 is 4.52 Å². The number of aromatic nitrogens is 4. The highest BCUT2D eigenvalue weighted by atomic mass is 79.9. The van der Waals surface area contributed by atoms with Crippen LogP contribution in [0.15, 0.2) is 38.0 Å². The van der Waals surface area contributed by atoms with Crippen LogP contribution in [0.2, 0.25) is 0 Å². The third kappa shape index (κ3) is 2.62. The Morgan fingerprint density at radius 2 is 2.14 bits per heavy atom. The van der Waals surface area contributed by atoms with E-state index in [-0.39, 0.29) is 0 Å². The average Bonchev–Trinajstić information content (AvgIpc) is 3.05. The van der Waals surface area contributed by atoms with Crippen LogP contribution in [0, 0.1) is 11.3 Å². The Balaban J connectivity index is 2.04. The van der Waals surface area contributed by atoms with Crippen LogP contribution in [0.25, 0.3) is 23.1 Å². The highest BCUT2D eigenvalue weighted by Gasteiger charge is 2.17. The minimum Gasteiger partial charge on any atom is -0.345 e. The molecule has 3 heterocycles. The van der Waals surface area contributed by atoms with Crippen LogP contribution in [0.4, 0.5) is 0 Å². The summed E-state index contributed by atoms with van der Waals surface area (Å²) in [6.07, 6.45) is 3.36. The second kappa shape index (κ2) is 5.42. The van der Waals surface area contributed by atoms with Gasteiger partial charge in [0.2, 0.25) is 5.82 Å². The number of hydrogen-bond donors (Lipinski definition) is 0. The summed E-state index contributed by atoms with van der Waals surface area (Å²) in [5.41, 5.74) is 1.80. The van der Waals surface area contributed by atoms with E-state index in [2.05, 4.69) is 53.1 Å². The molecule has 0 amide bonds. The number of aryl methyl sites for hydroxylation is 1. The molecule has 0 fully saturated rings. The molecule has 0 spiro atoms. The predicted octanol–water partition coefficient (Wildman–Crippen LogP) is 3.53. The van der Waals surface area contributed by atoms with Gasteiger partial charge in [0, 0.05) is 28.4 Å². The lowest BCUT2D eigenvalue weighted by Crippen LogP contribution is -1.90. The van der Waals surface area contributed by atoms with E-state index >= 15 is 0 Å². The molecular weight excluding hydrogens is 402 g/mol. The topological polar surface area (TPSA) is 80.5 Å². The Kier molecular flexibility index (Phi) is 3.61. The van der Waals surface area contributed by atoms with E-state index in [1.54, 1.807) is 23.0 Å². The molecule has 0 bridgehead atoms. The van der Waals surface area contributed by atoms with Gasteiger partial charge < -0.3 is 9.09 Å². The molecule has 0 atom stereocenters. The molecule has 3 aromatic heterocycles. The summed E-state index contributed by atoms with van der Waals surface area (Å²) < 4.78 is 8.64. The van der Waals surface area contributed by atoms with Crippen molar-refractivity contribution in [3.05, 3.63) is 39.0 Å². The Bertz CT molecular complexity index is 862. The van der Waals surface area contributed by atoms with E-state index in [0.717, 1.165) is 8.95 Å². The molecule has 3 aromatic rings. The molecular formula is C13H7Br2N5O. The van der Waals surface area contributed by atoms with Gasteiger partial charge in [0.25, 0.3) is 5.89 Å². The van der Waals surface area contributed by atoms with Crippen LogP contribution >= 0.6 is 31.9 Å². The lowest BCUT2D eigenvalue weighted by molar-refractivity contribution is 0.429. The number of pyridine rings is 1. The maximum Gasteiger partial charge on any atom is 0.274 e. The number of hydrogen-bond acceptors (Lipinski definition) is 5. The van der Waals surface area contributed by atoms with Gasteiger partial charge in [-0.1, -0.05) is 5.16 Å². The van der Waals surface area contributed by atoms with Crippen LogP contribution in [0.1, 0.15) is 5.56 Å². The van der Waals surface area contributed by atoms with Gasteiger partial charge in [-0.2, -0.15) is 10.2 Å². The van der Waals surface area contributed by atoms with Gasteiger partial charge in [0.15, 0.2) is 0 Å². The van der Waals surface area contributed by atoms with Gasteiger partial charge in [0.05, 0.1) is 5.56 Å². The van der Waals surface area contributed by atoms with Crippen molar-refractivity contribution in [3.8, 4) is 29.2 Å². The fraction of sp³-hybridized carbons (Fsp3) is 0.0769. The quantitative estimate of drug-likeness (QED) is 0.647. The van der Waals surface area contributed by atoms with E-state index in [1.807, 2.05) is 13.1 Å². The minimum absolute atomic E-state index is 0.339. The normalized spacial score (nSPS) is 10.6. The van der Waals surface area contributed by atoms with E-state index < -0.39 is 0 Å². The summed E-state index contributed by atoms with van der Waals surface area (Å²) >= 11 is 6.76. The van der Waals surface area contributed by atoms with Crippen molar-refractivity contribution in [2.24, 2.45) is 7.05 Å². The SMILES string of the molecule is Cn1cc(C#N)cc1-c1nc(-c2ncc(Br)cc2Br)no1. The molecule has 0 aliphatic rings. The van der Waals surface area contributed by atoms with Gasteiger partial charge in [-0.3, -0.25) is 4.98 Å². The van der Waals surface area contributed by atoms with Crippen LogP contribution < -0.4 is 0 Å². The fourth-order valence-corrected chi connectivity index (χ4v) is 3.01. The molecule has 0 aliphatic heterocycles. The molecule has 6 nitrogen and oxygen atoms in total. The van der Waals surface area contributed by atoms with Crippen LogP contribution in [-0.4, -0.2) is 19.7 Å². The summed E-state index contributed by atoms with van der Waals surface area (Å²) in [5, 5.41) is 12.9. The smallest absolute Gasteiger partial charge is 0.274 e. The van der Waals surface area contributed by atoms with Gasteiger partial charge in [0.1, 0.15) is 17.5 Å². The molecule has 0 aliphatic carbocycles. The first-order valence-corrected chi connectivity index (χ1v) is 7.39. The van der Waals surface area contributed by atoms with Crippen molar-refractivity contribution >= 4 is 31.9 Å². The van der Waals surface area contributed by atoms with E-state index in [1.165, 1.54) is 0 Å². The summed E-state index contributed by atoms with van der Waals surface area (Å²) in [5.74, 6) is 0.717. The summed E-state index contributed by atoms with van der Waals surface area (Å²) in [6.45, 7) is 0. The second-order valence-electron chi connectivity index (χ2n) is 4.24. The van der Waals surface area contributed by atoms with Crippen molar-refractivity contribution in [2.75, 3.05) is 0 Å². The first kappa shape index (κ1) is 14.0. The van der Waals surface area contributed by atoms with Crippen LogP contribution in [0.5, 0.6) is 0 Å². The zero-order chi connectivity index (χ0) is 15.0. The van der Waals surface area contributed by atoms with Gasteiger partial charge >= 0.3 is 0 Å².